The molecule has 0 saturated carbocycles. The lowest BCUT2D eigenvalue weighted by atomic mass is 9.95. The Bertz CT molecular complexity index is 645. The predicted octanol–water partition coefficient (Wildman–Crippen LogP) is 3.12. The molecule has 3 N–H and O–H groups in total. The van der Waals surface area contributed by atoms with Crippen LogP contribution in [0.1, 0.15) is 24.8 Å². The molecule has 0 aliphatic heterocycles. The Balaban J connectivity index is 2.47. The summed E-state index contributed by atoms with van der Waals surface area (Å²) in [6, 6.07) is 8.01. The average Bonchev–Trinajstić information content (AvgIpc) is 2.47. The molecule has 0 radical (unpaired) electrons. The molecule has 2 rings (SSSR count). The quantitative estimate of drug-likeness (QED) is 0.833. The Kier molecular flexibility index (Phi) is 4.61. The largest absolute Gasteiger partial charge is 0.512 e. The van der Waals surface area contributed by atoms with E-state index in [1.165, 1.54) is 6.08 Å². The maximum Gasteiger partial charge on any atom is 0.356 e. The number of primary amides is 1. The lowest BCUT2D eigenvalue weighted by Crippen LogP contribution is -2.10. The van der Waals surface area contributed by atoms with Gasteiger partial charge in [0.1, 0.15) is 5.76 Å². The van der Waals surface area contributed by atoms with Crippen molar-refractivity contribution in [2.75, 3.05) is 0 Å². The van der Waals surface area contributed by atoms with E-state index in [1.54, 1.807) is 24.3 Å². The van der Waals surface area contributed by atoms with Crippen LogP contribution in [0, 0.1) is 0 Å². The summed E-state index contributed by atoms with van der Waals surface area (Å²) in [6.07, 6.45) is 2.90. The van der Waals surface area contributed by atoms with E-state index in [4.69, 9.17) is 5.73 Å². The minimum Gasteiger partial charge on any atom is -0.512 e. The molecule has 0 unspecified atom stereocenters. The Morgan fingerprint density at radius 2 is 1.90 bits per heavy atom. The van der Waals surface area contributed by atoms with Gasteiger partial charge >= 0.3 is 6.03 Å². The fourth-order valence-corrected chi connectivity index (χ4v) is 2.03. The van der Waals surface area contributed by atoms with E-state index in [1.807, 2.05) is 6.07 Å². The van der Waals surface area contributed by atoms with Gasteiger partial charge in [-0.05, 0) is 12.5 Å². The molecular formula is C15H15N3O3. The van der Waals surface area contributed by atoms with Gasteiger partial charge in [-0.2, -0.15) is 0 Å². The van der Waals surface area contributed by atoms with Crippen LogP contribution in [0.2, 0.25) is 0 Å². The van der Waals surface area contributed by atoms with Gasteiger partial charge in [-0.1, -0.05) is 35.4 Å². The number of Topliss-reactive ketones (excluding diaryl/α,β-unsaturated/α-hetero) is 1. The van der Waals surface area contributed by atoms with E-state index in [0.717, 1.165) is 0 Å². The van der Waals surface area contributed by atoms with Crippen molar-refractivity contribution in [3.8, 4) is 0 Å². The molecule has 1 aliphatic rings. The Labute approximate surface area is 121 Å². The summed E-state index contributed by atoms with van der Waals surface area (Å²) in [5, 5.41) is 16.9. The average molecular weight is 285 g/mol. The van der Waals surface area contributed by atoms with Crippen LogP contribution in [-0.4, -0.2) is 16.9 Å². The highest BCUT2D eigenvalue weighted by Crippen LogP contribution is 2.25. The van der Waals surface area contributed by atoms with E-state index < -0.39 is 6.03 Å². The minimum absolute atomic E-state index is 0.0361. The number of hydrogen-bond acceptors (Lipinski definition) is 4. The second kappa shape index (κ2) is 6.60. The minimum atomic E-state index is -0.926. The molecule has 108 valence electrons. The molecule has 0 saturated heterocycles. The van der Waals surface area contributed by atoms with Gasteiger partial charge in [-0.3, -0.25) is 4.79 Å². The molecule has 0 heterocycles. The third kappa shape index (κ3) is 3.85. The normalized spacial score (nSPS) is 16.6. The summed E-state index contributed by atoms with van der Waals surface area (Å²) in [7, 11) is 0. The van der Waals surface area contributed by atoms with Crippen molar-refractivity contribution in [3.63, 3.8) is 0 Å². The van der Waals surface area contributed by atoms with Gasteiger partial charge in [0, 0.05) is 18.4 Å². The van der Waals surface area contributed by atoms with Crippen molar-refractivity contribution >= 4 is 17.5 Å². The zero-order chi connectivity index (χ0) is 15.2. The highest BCUT2D eigenvalue weighted by molar-refractivity contribution is 6.00. The summed E-state index contributed by atoms with van der Waals surface area (Å²) >= 11 is 0. The molecule has 0 atom stereocenters. The zero-order valence-corrected chi connectivity index (χ0v) is 11.3. The van der Waals surface area contributed by atoms with Gasteiger partial charge in [0.15, 0.2) is 5.78 Å². The molecule has 6 heteroatoms. The number of carbonyl (C=O) groups is 2. The van der Waals surface area contributed by atoms with E-state index >= 15 is 0 Å². The van der Waals surface area contributed by atoms with Gasteiger partial charge in [-0.25, -0.2) is 4.79 Å². The van der Waals surface area contributed by atoms with Crippen LogP contribution in [-0.2, 0) is 4.79 Å². The lowest BCUT2D eigenvalue weighted by Gasteiger charge is -2.12. The van der Waals surface area contributed by atoms with Crippen molar-refractivity contribution in [2.24, 2.45) is 16.0 Å². The van der Waals surface area contributed by atoms with Crippen LogP contribution in [0.4, 0.5) is 4.79 Å². The molecule has 0 spiro atoms. The number of carbonyl (C=O) groups excluding carboxylic acids is 2. The summed E-state index contributed by atoms with van der Waals surface area (Å²) in [5.41, 5.74) is 6.13. The lowest BCUT2D eigenvalue weighted by molar-refractivity contribution is -0.116. The topological polar surface area (TPSA) is 105 Å². The van der Waals surface area contributed by atoms with E-state index in [0.29, 0.717) is 30.5 Å². The molecule has 1 aromatic rings. The molecule has 0 bridgehead atoms. The number of ketones is 1. The third-order valence-corrected chi connectivity index (χ3v) is 3.04. The number of aliphatic hydroxyl groups is 1. The van der Waals surface area contributed by atoms with Gasteiger partial charge in [0.25, 0.3) is 0 Å². The predicted molar refractivity (Wildman–Crippen MR) is 77.4 cm³/mol. The van der Waals surface area contributed by atoms with Crippen molar-refractivity contribution in [1.29, 1.82) is 0 Å². The summed E-state index contributed by atoms with van der Waals surface area (Å²) in [5.74, 6) is -0.115. The fraction of sp³-hybridized carbons (Fsp3) is 0.200. The van der Waals surface area contributed by atoms with Crippen LogP contribution in [0.5, 0.6) is 0 Å². The van der Waals surface area contributed by atoms with Crippen LogP contribution in [0.25, 0.3) is 5.70 Å². The first-order valence-electron chi connectivity index (χ1n) is 6.51. The second-order valence-electron chi connectivity index (χ2n) is 4.57. The maximum absolute atomic E-state index is 11.9. The zero-order valence-electron chi connectivity index (χ0n) is 11.3. The number of azo groups is 1. The van der Waals surface area contributed by atoms with Crippen molar-refractivity contribution < 1.29 is 14.7 Å². The number of aliphatic hydroxyl groups excluding tert-OH is 1. The van der Waals surface area contributed by atoms with Crippen LogP contribution in [0.3, 0.4) is 0 Å². The Hall–Kier alpha value is -2.76. The van der Waals surface area contributed by atoms with Crippen LogP contribution >= 0.6 is 0 Å². The van der Waals surface area contributed by atoms with Crippen LogP contribution in [0.15, 0.2) is 58.0 Å². The van der Waals surface area contributed by atoms with Crippen molar-refractivity contribution in [3.05, 3.63) is 53.3 Å². The van der Waals surface area contributed by atoms with E-state index in [-0.39, 0.29) is 17.1 Å². The fourth-order valence-electron chi connectivity index (χ4n) is 2.03. The molecular weight excluding hydrogens is 270 g/mol. The number of benzene rings is 1. The molecule has 6 nitrogen and oxygen atoms in total. The van der Waals surface area contributed by atoms with Crippen LogP contribution < -0.4 is 5.73 Å². The third-order valence-electron chi connectivity index (χ3n) is 3.04. The van der Waals surface area contributed by atoms with Gasteiger partial charge in [0.05, 0.1) is 11.3 Å². The summed E-state index contributed by atoms with van der Waals surface area (Å²) in [4.78, 5) is 22.6. The van der Waals surface area contributed by atoms with E-state index in [2.05, 4.69) is 10.2 Å². The molecule has 21 heavy (non-hydrogen) atoms. The monoisotopic (exact) mass is 285 g/mol. The second-order valence-corrected chi connectivity index (χ2v) is 4.57. The van der Waals surface area contributed by atoms with E-state index in [9.17, 15) is 14.7 Å². The number of urea groups is 1. The highest BCUT2D eigenvalue weighted by atomic mass is 16.3. The standard InChI is InChI=1S/C15H15N3O3/c16-15(21)18-17-12(10-5-2-1-3-6-10)9-11-13(19)7-4-8-14(11)20/h1-3,5-6,9,19H,4,7-8H2,(H2,16,21)/b12-9+,18-17?. The molecule has 0 fully saturated rings. The van der Waals surface area contributed by atoms with Gasteiger partial charge < -0.3 is 10.8 Å². The van der Waals surface area contributed by atoms with Crippen molar-refractivity contribution in [2.45, 2.75) is 19.3 Å². The first-order chi connectivity index (χ1) is 10.1. The number of hydrogen-bond donors (Lipinski definition) is 2. The number of rotatable bonds is 3. The maximum atomic E-state index is 11.9. The first kappa shape index (κ1) is 14.6. The Morgan fingerprint density at radius 3 is 2.52 bits per heavy atom. The first-order valence-corrected chi connectivity index (χ1v) is 6.51. The Morgan fingerprint density at radius 1 is 1.19 bits per heavy atom. The smallest absolute Gasteiger partial charge is 0.356 e. The van der Waals surface area contributed by atoms with Gasteiger partial charge in [0.2, 0.25) is 0 Å². The molecule has 2 amide bonds. The van der Waals surface area contributed by atoms with Crippen molar-refractivity contribution in [1.82, 2.24) is 0 Å². The SMILES string of the molecule is NC(=O)N=N/C(=C/C1=C(O)CCCC1=O)c1ccccc1. The molecule has 0 aromatic heterocycles. The number of nitrogens with two attached hydrogens (primary N) is 1. The molecule has 1 aromatic carbocycles. The number of nitrogens with zero attached hydrogens (tertiary/aromatic N) is 2. The highest BCUT2D eigenvalue weighted by Gasteiger charge is 2.19. The number of allylic oxidation sites excluding steroid dienone is 3. The number of amides is 2. The summed E-state index contributed by atoms with van der Waals surface area (Å²) in [6.45, 7) is 0. The van der Waals surface area contributed by atoms with Gasteiger partial charge in [-0.15, -0.1) is 5.11 Å². The summed E-state index contributed by atoms with van der Waals surface area (Å²) < 4.78 is 0. The molecule has 1 aliphatic carbocycles.